The number of tetrazole rings is 1. The zero-order chi connectivity index (χ0) is 18.7. The predicted molar refractivity (Wildman–Crippen MR) is 98.3 cm³/mol. The van der Waals surface area contributed by atoms with Gasteiger partial charge >= 0.3 is 7.60 Å². The van der Waals surface area contributed by atoms with Crippen molar-refractivity contribution in [2.45, 2.75) is 33.5 Å². The molecule has 0 aliphatic carbocycles. The van der Waals surface area contributed by atoms with Crippen molar-refractivity contribution in [1.29, 1.82) is 0 Å². The van der Waals surface area contributed by atoms with E-state index in [1.54, 1.807) is 18.4 Å². The molecule has 9 heteroatoms. The van der Waals surface area contributed by atoms with Crippen LogP contribution >= 0.6 is 7.60 Å². The SMILES string of the molecule is CCOC(c1ccc(C)c2c1ccc1nnnn12)P(=O)(OCC)OCC. The van der Waals surface area contributed by atoms with Crippen LogP contribution in [0.2, 0.25) is 0 Å². The second-order valence-corrected chi connectivity index (χ2v) is 7.76. The zero-order valence-electron chi connectivity index (χ0n) is 15.4. The van der Waals surface area contributed by atoms with Gasteiger partial charge in [-0.3, -0.25) is 4.57 Å². The molecule has 26 heavy (non-hydrogen) atoms. The molecule has 0 amide bonds. The Balaban J connectivity index is 2.26. The van der Waals surface area contributed by atoms with Gasteiger partial charge in [-0.05, 0) is 55.8 Å². The van der Waals surface area contributed by atoms with Gasteiger partial charge in [-0.25, -0.2) is 0 Å². The van der Waals surface area contributed by atoms with Crippen LogP contribution in [-0.4, -0.2) is 39.9 Å². The van der Waals surface area contributed by atoms with E-state index in [9.17, 15) is 4.57 Å². The van der Waals surface area contributed by atoms with Gasteiger partial charge in [0.05, 0.1) is 18.7 Å². The van der Waals surface area contributed by atoms with E-state index in [-0.39, 0.29) is 13.2 Å². The molecule has 3 rings (SSSR count). The number of benzene rings is 1. The first-order valence-corrected chi connectivity index (χ1v) is 10.3. The normalized spacial score (nSPS) is 13.5. The highest BCUT2D eigenvalue weighted by molar-refractivity contribution is 7.54. The molecule has 140 valence electrons. The summed E-state index contributed by atoms with van der Waals surface area (Å²) in [6, 6.07) is 7.57. The van der Waals surface area contributed by atoms with Gasteiger partial charge < -0.3 is 13.8 Å². The summed E-state index contributed by atoms with van der Waals surface area (Å²) in [5.41, 5.74) is 3.22. The van der Waals surface area contributed by atoms with Gasteiger partial charge in [-0.15, -0.1) is 5.10 Å². The first kappa shape index (κ1) is 18.9. The third-order valence-corrected chi connectivity index (χ3v) is 6.29. The van der Waals surface area contributed by atoms with E-state index in [1.165, 1.54) is 0 Å². The van der Waals surface area contributed by atoms with E-state index >= 15 is 0 Å². The molecule has 0 saturated carbocycles. The van der Waals surface area contributed by atoms with Gasteiger partial charge in [0.25, 0.3) is 0 Å². The van der Waals surface area contributed by atoms with Crippen LogP contribution < -0.4 is 0 Å². The van der Waals surface area contributed by atoms with E-state index in [2.05, 4.69) is 15.5 Å². The van der Waals surface area contributed by atoms with Crippen molar-refractivity contribution in [3.63, 3.8) is 0 Å². The van der Waals surface area contributed by atoms with Crippen LogP contribution in [-0.2, 0) is 18.3 Å². The molecule has 0 aliphatic rings. The average Bonchev–Trinajstić information content (AvgIpc) is 3.09. The number of ether oxygens (including phenoxy) is 1. The molecule has 1 aromatic carbocycles. The topological polar surface area (TPSA) is 87.8 Å². The van der Waals surface area contributed by atoms with Gasteiger partial charge in [0.2, 0.25) is 0 Å². The van der Waals surface area contributed by atoms with Gasteiger partial charge in [-0.2, -0.15) is 4.52 Å². The fourth-order valence-corrected chi connectivity index (χ4v) is 5.02. The highest BCUT2D eigenvalue weighted by atomic mass is 31.2. The van der Waals surface area contributed by atoms with Crippen molar-refractivity contribution in [2.75, 3.05) is 19.8 Å². The number of fused-ring (bicyclic) bond motifs is 3. The quantitative estimate of drug-likeness (QED) is 0.550. The van der Waals surface area contributed by atoms with Gasteiger partial charge in [0.15, 0.2) is 11.5 Å². The van der Waals surface area contributed by atoms with Crippen molar-refractivity contribution in [2.24, 2.45) is 0 Å². The smallest absolute Gasteiger partial charge is 0.361 e. The van der Waals surface area contributed by atoms with E-state index in [4.69, 9.17) is 13.8 Å². The Morgan fingerprint density at radius 3 is 2.46 bits per heavy atom. The fourth-order valence-electron chi connectivity index (χ4n) is 3.06. The third kappa shape index (κ3) is 3.25. The molecule has 0 fully saturated rings. The van der Waals surface area contributed by atoms with Gasteiger partial charge in [0.1, 0.15) is 0 Å². The number of aryl methyl sites for hydroxylation is 1. The summed E-state index contributed by atoms with van der Waals surface area (Å²) in [4.78, 5) is 0. The Kier molecular flexibility index (Phi) is 5.67. The molecule has 2 heterocycles. The highest BCUT2D eigenvalue weighted by Gasteiger charge is 2.39. The van der Waals surface area contributed by atoms with Gasteiger partial charge in [0, 0.05) is 17.6 Å². The monoisotopic (exact) mass is 378 g/mol. The summed E-state index contributed by atoms with van der Waals surface area (Å²) < 4.78 is 32.1. The summed E-state index contributed by atoms with van der Waals surface area (Å²) in [5, 5.41) is 12.7. The van der Waals surface area contributed by atoms with E-state index in [1.807, 2.05) is 38.1 Å². The maximum Gasteiger partial charge on any atom is 0.363 e. The van der Waals surface area contributed by atoms with Crippen LogP contribution in [0, 0.1) is 6.92 Å². The molecular formula is C17H23N4O4P. The van der Waals surface area contributed by atoms with E-state index in [0.29, 0.717) is 12.3 Å². The fraction of sp³-hybridized carbons (Fsp3) is 0.471. The van der Waals surface area contributed by atoms with Crippen molar-refractivity contribution >= 4 is 24.1 Å². The number of pyridine rings is 1. The lowest BCUT2D eigenvalue weighted by molar-refractivity contribution is 0.0790. The minimum Gasteiger partial charge on any atom is -0.361 e. The molecule has 8 nitrogen and oxygen atoms in total. The number of hydrogen-bond donors (Lipinski definition) is 0. The van der Waals surface area contributed by atoms with Gasteiger partial charge in [-0.1, -0.05) is 12.1 Å². The lowest BCUT2D eigenvalue weighted by atomic mass is 10.0. The minimum absolute atomic E-state index is 0.266. The molecule has 0 saturated heterocycles. The first-order chi connectivity index (χ1) is 12.6. The molecule has 0 radical (unpaired) electrons. The molecule has 3 aromatic rings. The van der Waals surface area contributed by atoms with Crippen LogP contribution in [0.3, 0.4) is 0 Å². The predicted octanol–water partition coefficient (Wildman–Crippen LogP) is 3.89. The Morgan fingerprint density at radius 2 is 1.81 bits per heavy atom. The maximum atomic E-state index is 13.4. The highest BCUT2D eigenvalue weighted by Crippen LogP contribution is 2.62. The summed E-state index contributed by atoms with van der Waals surface area (Å²) in [7, 11) is -3.52. The van der Waals surface area contributed by atoms with E-state index in [0.717, 1.165) is 22.0 Å². The standard InChI is InChI=1S/C17H23N4O4P/c1-5-23-17(26(22,24-6-2)25-7-3)14-9-8-12(4)16-13(14)10-11-15-18-19-20-21(15)16/h8-11,17H,5-7H2,1-4H3. The molecule has 2 aromatic heterocycles. The van der Waals surface area contributed by atoms with Crippen LogP contribution in [0.5, 0.6) is 0 Å². The van der Waals surface area contributed by atoms with Crippen LogP contribution in [0.4, 0.5) is 0 Å². The lowest BCUT2D eigenvalue weighted by Gasteiger charge is -2.27. The number of aromatic nitrogens is 4. The Labute approximate surface area is 152 Å². The first-order valence-electron chi connectivity index (χ1n) is 8.66. The molecule has 0 bridgehead atoms. The van der Waals surface area contributed by atoms with Crippen LogP contribution in [0.15, 0.2) is 24.3 Å². The Bertz CT molecular complexity index is 948. The van der Waals surface area contributed by atoms with Crippen molar-refractivity contribution in [1.82, 2.24) is 20.0 Å². The third-order valence-electron chi connectivity index (χ3n) is 4.05. The lowest BCUT2D eigenvalue weighted by Crippen LogP contribution is -2.11. The summed E-state index contributed by atoms with van der Waals surface area (Å²) in [5.74, 6) is -0.829. The second kappa shape index (κ2) is 7.80. The molecule has 0 spiro atoms. The van der Waals surface area contributed by atoms with Crippen LogP contribution in [0.1, 0.15) is 37.7 Å². The second-order valence-electron chi connectivity index (χ2n) is 5.70. The van der Waals surface area contributed by atoms with Crippen LogP contribution in [0.25, 0.3) is 16.6 Å². The number of rotatable bonds is 8. The molecule has 0 aliphatic heterocycles. The summed E-state index contributed by atoms with van der Waals surface area (Å²) >= 11 is 0. The molecule has 1 unspecified atom stereocenters. The van der Waals surface area contributed by atoms with E-state index < -0.39 is 13.4 Å². The largest absolute Gasteiger partial charge is 0.363 e. The Morgan fingerprint density at radius 1 is 1.08 bits per heavy atom. The summed E-state index contributed by atoms with van der Waals surface area (Å²) in [6.07, 6.45) is 0. The van der Waals surface area contributed by atoms with Crippen molar-refractivity contribution in [3.8, 4) is 0 Å². The summed E-state index contributed by atoms with van der Waals surface area (Å²) in [6.45, 7) is 8.30. The zero-order valence-corrected chi connectivity index (χ0v) is 16.3. The number of hydrogen-bond acceptors (Lipinski definition) is 7. The maximum absolute atomic E-state index is 13.4. The van der Waals surface area contributed by atoms with Crippen molar-refractivity contribution in [3.05, 3.63) is 35.4 Å². The van der Waals surface area contributed by atoms with Crippen molar-refractivity contribution < 1.29 is 18.3 Å². The number of nitrogens with zero attached hydrogens (tertiary/aromatic N) is 4. The molecular weight excluding hydrogens is 355 g/mol. The molecule has 1 atom stereocenters. The molecule has 0 N–H and O–H groups in total. The Hall–Kier alpha value is -1.86. The minimum atomic E-state index is -3.52. The average molecular weight is 378 g/mol.